The van der Waals surface area contributed by atoms with Gasteiger partial charge in [-0.2, -0.15) is 0 Å². The molecule has 0 bridgehead atoms. The molecule has 0 spiro atoms. The summed E-state index contributed by atoms with van der Waals surface area (Å²) in [6.45, 7) is 0. The quantitative estimate of drug-likeness (QED) is 0.562. The molecule has 0 fully saturated rings. The molecule has 3 rings (SSSR count). The Hall–Kier alpha value is -3.28. The molecule has 2 aromatic rings. The predicted molar refractivity (Wildman–Crippen MR) is 113 cm³/mol. The van der Waals surface area contributed by atoms with Crippen molar-refractivity contribution in [2.24, 2.45) is 5.41 Å². The Kier molecular flexibility index (Phi) is 6.54. The standard InChI is InChI=1S/C23H26N2O4/c1-28-19-11-7-17(8-12-19)24-21(26)23(15-5-3-4-6-16-23)22(27)25-18-9-13-20(29-2)14-10-18/h3,5,7-14H,4,6,15-16H2,1-2H3,(H,24,26)(H,25,27). The molecule has 2 N–H and O–H groups in total. The molecule has 0 aliphatic heterocycles. The average Bonchev–Trinajstić information content (AvgIpc) is 3.02. The molecular weight excluding hydrogens is 368 g/mol. The normalized spacial score (nSPS) is 15.1. The maximum atomic E-state index is 13.3. The van der Waals surface area contributed by atoms with Gasteiger partial charge in [0.25, 0.3) is 0 Å². The monoisotopic (exact) mass is 394 g/mol. The Bertz CT molecular complexity index is 811. The summed E-state index contributed by atoms with van der Waals surface area (Å²) in [6, 6.07) is 14.1. The molecule has 0 aromatic heterocycles. The van der Waals surface area contributed by atoms with Crippen molar-refractivity contribution < 1.29 is 19.1 Å². The fourth-order valence-electron chi connectivity index (χ4n) is 3.39. The number of nitrogens with one attached hydrogen (secondary N) is 2. The first-order valence-corrected chi connectivity index (χ1v) is 9.63. The van der Waals surface area contributed by atoms with E-state index in [0.29, 0.717) is 35.7 Å². The van der Waals surface area contributed by atoms with Gasteiger partial charge in [0.15, 0.2) is 0 Å². The van der Waals surface area contributed by atoms with Crippen molar-refractivity contribution in [2.75, 3.05) is 24.9 Å². The lowest BCUT2D eigenvalue weighted by molar-refractivity contribution is -0.137. The van der Waals surface area contributed by atoms with Crippen molar-refractivity contribution in [3.05, 3.63) is 60.7 Å². The van der Waals surface area contributed by atoms with Crippen molar-refractivity contribution in [3.8, 4) is 11.5 Å². The summed E-state index contributed by atoms with van der Waals surface area (Å²) in [5.41, 5.74) is 0.0774. The molecule has 0 heterocycles. The van der Waals surface area contributed by atoms with Crippen LogP contribution >= 0.6 is 0 Å². The van der Waals surface area contributed by atoms with Crippen LogP contribution in [0.5, 0.6) is 11.5 Å². The molecule has 1 aliphatic carbocycles. The van der Waals surface area contributed by atoms with Crippen LogP contribution in [0.2, 0.25) is 0 Å². The molecule has 6 heteroatoms. The number of methoxy groups -OCH3 is 2. The molecule has 1 aliphatic rings. The molecule has 152 valence electrons. The fraction of sp³-hybridized carbons (Fsp3) is 0.304. The van der Waals surface area contributed by atoms with Crippen LogP contribution in [0, 0.1) is 5.41 Å². The molecule has 0 radical (unpaired) electrons. The van der Waals surface area contributed by atoms with E-state index in [1.807, 2.05) is 12.2 Å². The van der Waals surface area contributed by atoms with Crippen LogP contribution in [0.15, 0.2) is 60.7 Å². The zero-order valence-electron chi connectivity index (χ0n) is 16.7. The van der Waals surface area contributed by atoms with Crippen LogP contribution in [-0.2, 0) is 9.59 Å². The van der Waals surface area contributed by atoms with Gasteiger partial charge in [-0.15, -0.1) is 0 Å². The van der Waals surface area contributed by atoms with E-state index < -0.39 is 5.41 Å². The van der Waals surface area contributed by atoms with Crippen LogP contribution < -0.4 is 20.1 Å². The Labute approximate surface area is 170 Å². The number of anilines is 2. The minimum atomic E-state index is -1.17. The molecule has 0 unspecified atom stereocenters. The van der Waals surface area contributed by atoms with Gasteiger partial charge in [0, 0.05) is 11.4 Å². The van der Waals surface area contributed by atoms with E-state index in [0.717, 1.165) is 12.8 Å². The lowest BCUT2D eigenvalue weighted by atomic mass is 9.78. The van der Waals surface area contributed by atoms with Crippen LogP contribution in [0.1, 0.15) is 25.7 Å². The Morgan fingerprint density at radius 2 is 1.28 bits per heavy atom. The van der Waals surface area contributed by atoms with Crippen molar-refractivity contribution in [2.45, 2.75) is 25.7 Å². The van der Waals surface area contributed by atoms with Gasteiger partial charge in [-0.25, -0.2) is 0 Å². The van der Waals surface area contributed by atoms with Crippen molar-refractivity contribution in [3.63, 3.8) is 0 Å². The van der Waals surface area contributed by atoms with Crippen LogP contribution in [0.3, 0.4) is 0 Å². The van der Waals surface area contributed by atoms with Gasteiger partial charge in [0.1, 0.15) is 16.9 Å². The third kappa shape index (κ3) is 4.77. The van der Waals surface area contributed by atoms with Crippen LogP contribution in [0.4, 0.5) is 11.4 Å². The largest absolute Gasteiger partial charge is 0.497 e. The zero-order chi connectivity index (χ0) is 20.7. The number of amides is 2. The van der Waals surface area contributed by atoms with E-state index in [2.05, 4.69) is 10.6 Å². The van der Waals surface area contributed by atoms with Gasteiger partial charge in [0.05, 0.1) is 14.2 Å². The minimum Gasteiger partial charge on any atom is -0.497 e. The number of ether oxygens (including phenoxy) is 2. The highest BCUT2D eigenvalue weighted by molar-refractivity contribution is 6.14. The Morgan fingerprint density at radius 1 is 0.793 bits per heavy atom. The number of benzene rings is 2. The van der Waals surface area contributed by atoms with E-state index in [1.54, 1.807) is 62.8 Å². The number of rotatable bonds is 6. The first-order valence-electron chi connectivity index (χ1n) is 9.63. The highest BCUT2D eigenvalue weighted by Gasteiger charge is 2.45. The number of allylic oxidation sites excluding steroid dienone is 2. The second-order valence-corrected chi connectivity index (χ2v) is 7.02. The van der Waals surface area contributed by atoms with E-state index in [9.17, 15) is 9.59 Å². The van der Waals surface area contributed by atoms with E-state index >= 15 is 0 Å². The number of carbonyl (C=O) groups is 2. The van der Waals surface area contributed by atoms with Gasteiger partial charge >= 0.3 is 0 Å². The lowest BCUT2D eigenvalue weighted by Gasteiger charge is -2.29. The summed E-state index contributed by atoms with van der Waals surface area (Å²) in [4.78, 5) is 26.5. The van der Waals surface area contributed by atoms with E-state index in [1.165, 1.54) is 0 Å². The molecular formula is C23H26N2O4. The minimum absolute atomic E-state index is 0.305. The summed E-state index contributed by atoms with van der Waals surface area (Å²) in [6.07, 6.45) is 6.41. The zero-order valence-corrected chi connectivity index (χ0v) is 16.7. The predicted octanol–water partition coefficient (Wildman–Crippen LogP) is 4.40. The summed E-state index contributed by atoms with van der Waals surface area (Å²) in [5.74, 6) is 0.792. The Balaban J connectivity index is 1.82. The first kappa shape index (κ1) is 20.5. The summed E-state index contributed by atoms with van der Waals surface area (Å²) in [7, 11) is 3.17. The van der Waals surface area contributed by atoms with Crippen molar-refractivity contribution >= 4 is 23.2 Å². The molecule has 0 saturated heterocycles. The highest BCUT2D eigenvalue weighted by Crippen LogP contribution is 2.35. The number of hydrogen-bond donors (Lipinski definition) is 2. The van der Waals surface area contributed by atoms with Gasteiger partial charge in [-0.1, -0.05) is 12.2 Å². The van der Waals surface area contributed by atoms with Crippen molar-refractivity contribution in [1.82, 2.24) is 0 Å². The summed E-state index contributed by atoms with van der Waals surface area (Å²) < 4.78 is 10.3. The van der Waals surface area contributed by atoms with Gasteiger partial charge < -0.3 is 20.1 Å². The number of carbonyl (C=O) groups excluding carboxylic acids is 2. The first-order chi connectivity index (χ1) is 14.1. The maximum absolute atomic E-state index is 13.3. The molecule has 0 atom stereocenters. The second-order valence-electron chi connectivity index (χ2n) is 7.02. The SMILES string of the molecule is COc1ccc(NC(=O)C2(C(=O)Nc3ccc(OC)cc3)CC=CCCC2)cc1. The van der Waals surface area contributed by atoms with Crippen LogP contribution in [-0.4, -0.2) is 26.0 Å². The maximum Gasteiger partial charge on any atom is 0.240 e. The molecule has 6 nitrogen and oxygen atoms in total. The second kappa shape index (κ2) is 9.28. The molecule has 0 saturated carbocycles. The fourth-order valence-corrected chi connectivity index (χ4v) is 3.39. The highest BCUT2D eigenvalue weighted by atomic mass is 16.5. The summed E-state index contributed by atoms with van der Waals surface area (Å²) >= 11 is 0. The third-order valence-corrected chi connectivity index (χ3v) is 5.17. The van der Waals surface area contributed by atoms with Crippen LogP contribution in [0.25, 0.3) is 0 Å². The third-order valence-electron chi connectivity index (χ3n) is 5.17. The van der Waals surface area contributed by atoms with E-state index in [4.69, 9.17) is 9.47 Å². The average molecular weight is 394 g/mol. The molecule has 2 aromatic carbocycles. The lowest BCUT2D eigenvalue weighted by Crippen LogP contribution is -2.46. The van der Waals surface area contributed by atoms with Crippen molar-refractivity contribution in [1.29, 1.82) is 0 Å². The van der Waals surface area contributed by atoms with Gasteiger partial charge in [0.2, 0.25) is 11.8 Å². The summed E-state index contributed by atoms with van der Waals surface area (Å²) in [5, 5.41) is 5.81. The molecule has 29 heavy (non-hydrogen) atoms. The van der Waals surface area contributed by atoms with Gasteiger partial charge in [-0.3, -0.25) is 9.59 Å². The topological polar surface area (TPSA) is 76.7 Å². The molecule has 2 amide bonds. The van der Waals surface area contributed by atoms with Gasteiger partial charge in [-0.05, 0) is 74.2 Å². The number of hydrogen-bond acceptors (Lipinski definition) is 4. The van der Waals surface area contributed by atoms with E-state index in [-0.39, 0.29) is 11.8 Å². The Morgan fingerprint density at radius 3 is 1.72 bits per heavy atom. The smallest absolute Gasteiger partial charge is 0.240 e.